The van der Waals surface area contributed by atoms with Gasteiger partial charge in [-0.05, 0) is 30.7 Å². The second-order valence-corrected chi connectivity index (χ2v) is 7.80. The van der Waals surface area contributed by atoms with Crippen LogP contribution < -0.4 is 4.74 Å². The largest absolute Gasteiger partial charge is 0.494 e. The highest BCUT2D eigenvalue weighted by molar-refractivity contribution is 6.00. The van der Waals surface area contributed by atoms with Gasteiger partial charge >= 0.3 is 6.18 Å². The van der Waals surface area contributed by atoms with E-state index in [1.165, 1.54) is 89.2 Å². The first-order chi connectivity index (χ1) is 13.9. The highest BCUT2D eigenvalue weighted by atomic mass is 19.4. The zero-order valence-corrected chi connectivity index (χ0v) is 17.9. The van der Waals surface area contributed by atoms with Gasteiger partial charge in [-0.15, -0.1) is 0 Å². The Labute approximate surface area is 174 Å². The monoisotopic (exact) mass is 414 g/mol. The van der Waals surface area contributed by atoms with Crippen LogP contribution in [0, 0.1) is 0 Å². The summed E-state index contributed by atoms with van der Waals surface area (Å²) in [6, 6.07) is 5.16. The molecule has 0 spiro atoms. The third-order valence-electron chi connectivity index (χ3n) is 5.14. The second-order valence-electron chi connectivity index (χ2n) is 7.80. The topological polar surface area (TPSA) is 26.3 Å². The standard InChI is InChI=1S/C24H37F3O2/c1-2-3-4-5-6-7-8-9-10-11-12-13-14-15-20-29-22-18-16-21(17-19-22)23(28)24(25,26)27/h16-19H,2-15,20H2,1H3. The number of halogens is 3. The number of rotatable bonds is 17. The molecule has 0 aromatic heterocycles. The Morgan fingerprint density at radius 2 is 1.14 bits per heavy atom. The molecule has 2 nitrogen and oxygen atoms in total. The van der Waals surface area contributed by atoms with E-state index in [1.807, 2.05) is 0 Å². The predicted octanol–water partition coefficient (Wildman–Crippen LogP) is 8.29. The van der Waals surface area contributed by atoms with Gasteiger partial charge in [-0.3, -0.25) is 4.79 Å². The molecule has 0 saturated heterocycles. The van der Waals surface area contributed by atoms with Gasteiger partial charge in [0.25, 0.3) is 5.78 Å². The Balaban J connectivity index is 1.94. The van der Waals surface area contributed by atoms with Crippen LogP contribution in [-0.4, -0.2) is 18.6 Å². The number of alkyl halides is 3. The van der Waals surface area contributed by atoms with Crippen LogP contribution in [0.2, 0.25) is 0 Å². The maximum Gasteiger partial charge on any atom is 0.454 e. The van der Waals surface area contributed by atoms with Crippen LogP contribution in [0.15, 0.2) is 24.3 Å². The molecular formula is C24H37F3O2. The van der Waals surface area contributed by atoms with Gasteiger partial charge in [0, 0.05) is 5.56 Å². The SMILES string of the molecule is CCCCCCCCCCCCCCCCOc1ccc(C(=O)C(F)(F)F)cc1. The summed E-state index contributed by atoms with van der Waals surface area (Å²) in [5, 5.41) is 0. The molecule has 1 aromatic carbocycles. The average molecular weight is 415 g/mol. The van der Waals surface area contributed by atoms with Crippen molar-refractivity contribution in [1.82, 2.24) is 0 Å². The normalized spacial score (nSPS) is 11.6. The molecule has 0 N–H and O–H groups in total. The first-order valence-corrected chi connectivity index (χ1v) is 11.3. The molecule has 5 heteroatoms. The molecule has 0 heterocycles. The molecule has 29 heavy (non-hydrogen) atoms. The van der Waals surface area contributed by atoms with Crippen molar-refractivity contribution in [3.8, 4) is 5.75 Å². The molecule has 0 aliphatic heterocycles. The molecule has 0 saturated carbocycles. The molecule has 166 valence electrons. The Morgan fingerprint density at radius 1 is 0.724 bits per heavy atom. The summed E-state index contributed by atoms with van der Waals surface area (Å²) in [6.07, 6.45) is 13.2. The van der Waals surface area contributed by atoms with E-state index >= 15 is 0 Å². The number of ether oxygens (including phenoxy) is 1. The van der Waals surface area contributed by atoms with Crippen molar-refractivity contribution < 1.29 is 22.7 Å². The van der Waals surface area contributed by atoms with Crippen molar-refractivity contribution in [1.29, 1.82) is 0 Å². The van der Waals surface area contributed by atoms with Gasteiger partial charge in [-0.2, -0.15) is 13.2 Å². The molecule has 0 fully saturated rings. The summed E-state index contributed by atoms with van der Waals surface area (Å²) < 4.78 is 42.6. The fourth-order valence-electron chi connectivity index (χ4n) is 3.35. The molecule has 0 bridgehead atoms. The molecule has 1 rings (SSSR count). The zero-order chi connectivity index (χ0) is 21.4. The number of Topliss-reactive ketones (excluding diaryl/α,β-unsaturated/α-hetero) is 1. The number of hydrogen-bond acceptors (Lipinski definition) is 2. The summed E-state index contributed by atoms with van der Waals surface area (Å²) in [7, 11) is 0. The summed E-state index contributed by atoms with van der Waals surface area (Å²) in [6.45, 7) is 2.80. The fraction of sp³-hybridized carbons (Fsp3) is 0.708. The number of ketones is 1. The van der Waals surface area contributed by atoms with Crippen LogP contribution >= 0.6 is 0 Å². The summed E-state index contributed by atoms with van der Waals surface area (Å²) in [4.78, 5) is 11.1. The third kappa shape index (κ3) is 12.6. The first-order valence-electron chi connectivity index (χ1n) is 11.3. The van der Waals surface area contributed by atoms with Crippen molar-refractivity contribution in [2.75, 3.05) is 6.61 Å². The molecular weight excluding hydrogens is 377 g/mol. The fourth-order valence-corrected chi connectivity index (χ4v) is 3.35. The Bertz CT molecular complexity index is 538. The Morgan fingerprint density at radius 3 is 1.55 bits per heavy atom. The average Bonchev–Trinajstić information content (AvgIpc) is 2.70. The summed E-state index contributed by atoms with van der Waals surface area (Å²) >= 11 is 0. The van der Waals surface area contributed by atoms with E-state index in [1.54, 1.807) is 0 Å². The lowest BCUT2D eigenvalue weighted by Gasteiger charge is -2.08. The Kier molecular flexibility index (Phi) is 13.5. The zero-order valence-electron chi connectivity index (χ0n) is 17.9. The minimum absolute atomic E-state index is 0.360. The summed E-state index contributed by atoms with van der Waals surface area (Å²) in [5.41, 5.74) is -0.360. The highest BCUT2D eigenvalue weighted by Gasteiger charge is 2.39. The maximum absolute atomic E-state index is 12.4. The number of unbranched alkanes of at least 4 members (excludes halogenated alkanes) is 13. The minimum Gasteiger partial charge on any atom is -0.494 e. The summed E-state index contributed by atoms with van der Waals surface area (Å²) in [5.74, 6) is -1.32. The first kappa shape index (κ1) is 25.5. The van der Waals surface area contributed by atoms with Gasteiger partial charge in [0.2, 0.25) is 0 Å². The van der Waals surface area contributed by atoms with Gasteiger partial charge in [-0.25, -0.2) is 0 Å². The van der Waals surface area contributed by atoms with E-state index in [4.69, 9.17) is 4.74 Å². The van der Waals surface area contributed by atoms with E-state index in [0.29, 0.717) is 12.4 Å². The van der Waals surface area contributed by atoms with Gasteiger partial charge in [0.15, 0.2) is 0 Å². The van der Waals surface area contributed by atoms with Crippen LogP contribution in [0.1, 0.15) is 107 Å². The molecule has 1 aromatic rings. The number of hydrogen-bond donors (Lipinski definition) is 0. The van der Waals surface area contributed by atoms with Crippen LogP contribution in [0.3, 0.4) is 0 Å². The van der Waals surface area contributed by atoms with Crippen LogP contribution in [0.4, 0.5) is 13.2 Å². The second kappa shape index (κ2) is 15.3. The van der Waals surface area contributed by atoms with Crippen LogP contribution in [0.25, 0.3) is 0 Å². The Hall–Kier alpha value is -1.52. The third-order valence-corrected chi connectivity index (χ3v) is 5.14. The van der Waals surface area contributed by atoms with Gasteiger partial charge < -0.3 is 4.74 Å². The van der Waals surface area contributed by atoms with E-state index in [0.717, 1.165) is 25.0 Å². The van der Waals surface area contributed by atoms with Crippen molar-refractivity contribution >= 4 is 5.78 Å². The van der Waals surface area contributed by atoms with E-state index in [2.05, 4.69) is 6.92 Å². The van der Waals surface area contributed by atoms with Crippen molar-refractivity contribution in [2.45, 2.75) is 103 Å². The number of benzene rings is 1. The molecule has 0 atom stereocenters. The molecule has 0 radical (unpaired) electrons. The molecule has 0 aliphatic rings. The lowest BCUT2D eigenvalue weighted by molar-refractivity contribution is -0.0885. The molecule has 0 unspecified atom stereocenters. The van der Waals surface area contributed by atoms with E-state index in [9.17, 15) is 18.0 Å². The number of carbonyl (C=O) groups excluding carboxylic acids is 1. The van der Waals surface area contributed by atoms with Gasteiger partial charge in [0.05, 0.1) is 6.61 Å². The maximum atomic E-state index is 12.4. The lowest BCUT2D eigenvalue weighted by atomic mass is 10.0. The quantitative estimate of drug-likeness (QED) is 0.189. The van der Waals surface area contributed by atoms with Crippen molar-refractivity contribution in [2.24, 2.45) is 0 Å². The minimum atomic E-state index is -4.84. The van der Waals surface area contributed by atoms with Gasteiger partial charge in [-0.1, -0.05) is 90.4 Å². The van der Waals surface area contributed by atoms with Crippen LogP contribution in [-0.2, 0) is 0 Å². The van der Waals surface area contributed by atoms with Gasteiger partial charge in [0.1, 0.15) is 5.75 Å². The lowest BCUT2D eigenvalue weighted by Crippen LogP contribution is -2.22. The molecule has 0 amide bonds. The number of carbonyl (C=O) groups is 1. The smallest absolute Gasteiger partial charge is 0.454 e. The van der Waals surface area contributed by atoms with Crippen LogP contribution in [0.5, 0.6) is 5.75 Å². The highest BCUT2D eigenvalue weighted by Crippen LogP contribution is 2.23. The van der Waals surface area contributed by atoms with Crippen molar-refractivity contribution in [3.63, 3.8) is 0 Å². The predicted molar refractivity (Wildman–Crippen MR) is 113 cm³/mol. The van der Waals surface area contributed by atoms with E-state index < -0.39 is 12.0 Å². The molecule has 0 aliphatic carbocycles. The van der Waals surface area contributed by atoms with Crippen molar-refractivity contribution in [3.05, 3.63) is 29.8 Å². The van der Waals surface area contributed by atoms with E-state index in [-0.39, 0.29) is 5.56 Å².